The van der Waals surface area contributed by atoms with Crippen molar-refractivity contribution in [3.05, 3.63) is 48.5 Å². The van der Waals surface area contributed by atoms with Crippen LogP contribution in [0, 0.1) is 0 Å². The lowest BCUT2D eigenvalue weighted by Gasteiger charge is -2.22. The maximum Gasteiger partial charge on any atom is 0.242 e. The van der Waals surface area contributed by atoms with Crippen LogP contribution in [0.5, 0.6) is 5.75 Å². The van der Waals surface area contributed by atoms with Gasteiger partial charge < -0.3 is 19.9 Å². The van der Waals surface area contributed by atoms with Crippen molar-refractivity contribution in [1.82, 2.24) is 19.9 Å². The molecule has 0 aliphatic carbocycles. The summed E-state index contributed by atoms with van der Waals surface area (Å²) in [6.07, 6.45) is 3.42. The van der Waals surface area contributed by atoms with Crippen molar-refractivity contribution >= 4 is 28.4 Å². The second-order valence-electron chi connectivity index (χ2n) is 6.82. The Morgan fingerprint density at radius 2 is 2.17 bits per heavy atom. The van der Waals surface area contributed by atoms with E-state index in [1.165, 1.54) is 6.20 Å². The van der Waals surface area contributed by atoms with Gasteiger partial charge in [-0.2, -0.15) is 0 Å². The van der Waals surface area contributed by atoms with E-state index >= 15 is 0 Å². The minimum absolute atomic E-state index is 0.135. The average Bonchev–Trinajstić information content (AvgIpc) is 3.10. The van der Waals surface area contributed by atoms with E-state index in [4.69, 9.17) is 4.74 Å². The number of Topliss-reactive ketones (excluding diaryl/α,β-unsaturated/α-hetero) is 1. The van der Waals surface area contributed by atoms with E-state index in [9.17, 15) is 9.59 Å². The first-order chi connectivity index (χ1) is 14.2. The zero-order chi connectivity index (χ0) is 20.2. The number of ether oxygens (including phenoxy) is 1. The minimum Gasteiger partial charge on any atom is -0.490 e. The van der Waals surface area contributed by atoms with Gasteiger partial charge in [0, 0.05) is 31.8 Å². The Bertz CT molecular complexity index is 1050. The summed E-state index contributed by atoms with van der Waals surface area (Å²) in [6.45, 7) is 4.56. The van der Waals surface area contributed by atoms with Gasteiger partial charge in [-0.3, -0.25) is 14.6 Å². The fourth-order valence-corrected chi connectivity index (χ4v) is 3.54. The Morgan fingerprint density at radius 1 is 1.31 bits per heavy atom. The highest BCUT2D eigenvalue weighted by Gasteiger charge is 2.36. The number of benzene rings is 1. The number of aryl methyl sites for hydroxylation is 1. The molecule has 0 fully saturated rings. The van der Waals surface area contributed by atoms with Gasteiger partial charge >= 0.3 is 0 Å². The summed E-state index contributed by atoms with van der Waals surface area (Å²) < 4.78 is 7.71. The summed E-state index contributed by atoms with van der Waals surface area (Å²) in [6, 6.07) is 9.35. The van der Waals surface area contributed by atoms with Gasteiger partial charge in [0.1, 0.15) is 23.9 Å². The van der Waals surface area contributed by atoms with Gasteiger partial charge in [-0.1, -0.05) is 19.1 Å². The number of rotatable bonds is 7. The van der Waals surface area contributed by atoms with Crippen LogP contribution in [0.3, 0.4) is 0 Å². The maximum absolute atomic E-state index is 13.1. The summed E-state index contributed by atoms with van der Waals surface area (Å²) in [5.74, 6) is -0.507. The van der Waals surface area contributed by atoms with E-state index in [1.54, 1.807) is 12.3 Å². The molecule has 3 aromatic rings. The Labute approximate surface area is 168 Å². The molecule has 8 nitrogen and oxygen atoms in total. The summed E-state index contributed by atoms with van der Waals surface area (Å²) in [5.41, 5.74) is 2.15. The van der Waals surface area contributed by atoms with Crippen molar-refractivity contribution in [2.75, 3.05) is 25.0 Å². The van der Waals surface area contributed by atoms with E-state index < -0.39 is 11.8 Å². The maximum atomic E-state index is 13.1. The molecule has 0 saturated heterocycles. The molecule has 4 rings (SSSR count). The van der Waals surface area contributed by atoms with Gasteiger partial charge in [-0.15, -0.1) is 0 Å². The number of anilines is 1. The van der Waals surface area contributed by atoms with Gasteiger partial charge in [0.15, 0.2) is 11.7 Å². The normalized spacial score (nSPS) is 15.9. The van der Waals surface area contributed by atoms with Crippen molar-refractivity contribution < 1.29 is 14.3 Å². The van der Waals surface area contributed by atoms with Gasteiger partial charge in [-0.25, -0.2) is 4.98 Å². The van der Waals surface area contributed by atoms with Crippen LogP contribution in [0.4, 0.5) is 5.69 Å². The van der Waals surface area contributed by atoms with Crippen molar-refractivity contribution in [3.63, 3.8) is 0 Å². The minimum atomic E-state index is -0.953. The molecular formula is C21H23N5O3. The molecule has 0 bridgehead atoms. The topological polar surface area (TPSA) is 98.1 Å². The predicted molar refractivity (Wildman–Crippen MR) is 109 cm³/mol. The van der Waals surface area contributed by atoms with Crippen LogP contribution < -0.4 is 15.4 Å². The number of hydrogen-bond acceptors (Lipinski definition) is 6. The van der Waals surface area contributed by atoms with E-state index in [1.807, 2.05) is 35.8 Å². The molecule has 3 heterocycles. The number of aromatic nitrogens is 3. The van der Waals surface area contributed by atoms with Gasteiger partial charge in [0.2, 0.25) is 5.91 Å². The van der Waals surface area contributed by atoms with Crippen LogP contribution in [-0.2, 0) is 16.1 Å². The number of pyridine rings is 1. The van der Waals surface area contributed by atoms with E-state index in [0.717, 1.165) is 17.6 Å². The summed E-state index contributed by atoms with van der Waals surface area (Å²) in [4.78, 5) is 34.3. The van der Waals surface area contributed by atoms with Crippen LogP contribution >= 0.6 is 0 Å². The lowest BCUT2D eigenvalue weighted by atomic mass is 9.96. The number of fused-ring (bicyclic) bond motifs is 3. The Balaban J connectivity index is 1.57. The lowest BCUT2D eigenvalue weighted by molar-refractivity contribution is -0.128. The van der Waals surface area contributed by atoms with Gasteiger partial charge in [-0.05, 0) is 18.7 Å². The fraction of sp³-hybridized carbons (Fsp3) is 0.333. The fourth-order valence-electron chi connectivity index (χ4n) is 3.54. The molecular weight excluding hydrogens is 370 g/mol. The highest BCUT2D eigenvalue weighted by Crippen LogP contribution is 2.31. The number of amides is 1. The first kappa shape index (κ1) is 19.1. The third-order valence-corrected chi connectivity index (χ3v) is 4.93. The van der Waals surface area contributed by atoms with Crippen molar-refractivity contribution in [2.24, 2.45) is 0 Å². The molecule has 0 radical (unpaired) electrons. The van der Waals surface area contributed by atoms with E-state index in [0.29, 0.717) is 43.4 Å². The van der Waals surface area contributed by atoms with Crippen molar-refractivity contribution in [1.29, 1.82) is 0 Å². The second kappa shape index (κ2) is 8.40. The second-order valence-corrected chi connectivity index (χ2v) is 6.82. The van der Waals surface area contributed by atoms with Crippen LogP contribution in [0.2, 0.25) is 0 Å². The average molecular weight is 393 g/mol. The standard InChI is InChI=1S/C21H23N5O3/c1-2-22-10-12-29-18-7-9-23-13-15(18)25-21(28)19-17(27)8-11-26-16-6-4-3-5-14(16)24-20(19)26/h3-7,9,13,19,22H,2,8,10-12H2,1H3,(H,25,28). The molecule has 150 valence electrons. The molecule has 8 heteroatoms. The molecule has 1 aromatic carbocycles. The zero-order valence-corrected chi connectivity index (χ0v) is 16.2. The van der Waals surface area contributed by atoms with Crippen molar-refractivity contribution in [3.8, 4) is 5.75 Å². The molecule has 29 heavy (non-hydrogen) atoms. The highest BCUT2D eigenvalue weighted by molar-refractivity contribution is 6.12. The number of carbonyl (C=O) groups excluding carboxylic acids is 2. The number of carbonyl (C=O) groups is 2. The predicted octanol–water partition coefficient (Wildman–Crippen LogP) is 2.11. The number of nitrogens with one attached hydrogen (secondary N) is 2. The number of likely N-dealkylation sites (N-methyl/N-ethyl adjacent to an activating group) is 1. The number of ketones is 1. The SMILES string of the molecule is CCNCCOc1ccncc1NC(=O)C1C(=O)CCn2c1nc1ccccc12. The molecule has 2 aromatic heterocycles. The Morgan fingerprint density at radius 3 is 3.03 bits per heavy atom. The van der Waals surface area contributed by atoms with Gasteiger partial charge in [0.05, 0.1) is 17.2 Å². The molecule has 1 aliphatic rings. The molecule has 0 spiro atoms. The lowest BCUT2D eigenvalue weighted by Crippen LogP contribution is -2.34. The van der Waals surface area contributed by atoms with Crippen LogP contribution in [-0.4, -0.2) is 45.9 Å². The number of imidazole rings is 1. The zero-order valence-electron chi connectivity index (χ0n) is 16.2. The third-order valence-electron chi connectivity index (χ3n) is 4.93. The number of para-hydroxylation sites is 2. The molecule has 2 N–H and O–H groups in total. The first-order valence-electron chi connectivity index (χ1n) is 9.75. The monoisotopic (exact) mass is 393 g/mol. The number of hydrogen-bond donors (Lipinski definition) is 2. The molecule has 1 aliphatic heterocycles. The largest absolute Gasteiger partial charge is 0.490 e. The molecule has 0 saturated carbocycles. The van der Waals surface area contributed by atoms with Crippen LogP contribution in [0.15, 0.2) is 42.7 Å². The smallest absolute Gasteiger partial charge is 0.242 e. The third kappa shape index (κ3) is 3.84. The summed E-state index contributed by atoms with van der Waals surface area (Å²) >= 11 is 0. The quantitative estimate of drug-likeness (QED) is 0.471. The number of nitrogens with zero attached hydrogens (tertiary/aromatic N) is 3. The Kier molecular flexibility index (Phi) is 5.53. The van der Waals surface area contributed by atoms with E-state index in [-0.39, 0.29) is 5.78 Å². The van der Waals surface area contributed by atoms with Crippen LogP contribution in [0.1, 0.15) is 25.1 Å². The van der Waals surface area contributed by atoms with Crippen LogP contribution in [0.25, 0.3) is 11.0 Å². The summed E-state index contributed by atoms with van der Waals surface area (Å²) in [7, 11) is 0. The van der Waals surface area contributed by atoms with Crippen molar-refractivity contribution in [2.45, 2.75) is 25.8 Å². The molecule has 1 unspecified atom stereocenters. The first-order valence-corrected chi connectivity index (χ1v) is 9.75. The van der Waals surface area contributed by atoms with Gasteiger partial charge in [0.25, 0.3) is 0 Å². The highest BCUT2D eigenvalue weighted by atomic mass is 16.5. The molecule has 1 amide bonds. The molecule has 1 atom stereocenters. The van der Waals surface area contributed by atoms with E-state index in [2.05, 4.69) is 20.6 Å². The Hall–Kier alpha value is -3.26. The summed E-state index contributed by atoms with van der Waals surface area (Å²) in [5, 5.41) is 5.99.